The Bertz CT molecular complexity index is 1520. The van der Waals surface area contributed by atoms with Gasteiger partial charge in [0.1, 0.15) is 6.04 Å². The molecule has 0 radical (unpaired) electrons. The van der Waals surface area contributed by atoms with Gasteiger partial charge in [0.25, 0.3) is 5.91 Å². The lowest BCUT2D eigenvalue weighted by Gasteiger charge is -2.28. The van der Waals surface area contributed by atoms with Crippen LogP contribution >= 0.6 is 23.4 Å². The lowest BCUT2D eigenvalue weighted by molar-refractivity contribution is -0.113. The number of nitrogens with one attached hydrogen (secondary N) is 2. The predicted octanol–water partition coefficient (Wildman–Crippen LogP) is 6.33. The van der Waals surface area contributed by atoms with Gasteiger partial charge in [0, 0.05) is 22.2 Å². The van der Waals surface area contributed by atoms with Crippen LogP contribution in [0.2, 0.25) is 5.02 Å². The van der Waals surface area contributed by atoms with E-state index in [1.54, 1.807) is 35.9 Å². The molecule has 0 saturated carbocycles. The van der Waals surface area contributed by atoms with Crippen molar-refractivity contribution < 1.29 is 14.3 Å². The Kier molecular flexibility index (Phi) is 7.99. The van der Waals surface area contributed by atoms with Gasteiger partial charge in [-0.2, -0.15) is 4.98 Å². The van der Waals surface area contributed by atoms with E-state index in [1.807, 2.05) is 61.5 Å². The molecule has 2 heterocycles. The van der Waals surface area contributed by atoms with E-state index in [2.05, 4.69) is 10.6 Å². The average Bonchev–Trinajstić information content (AvgIpc) is 3.35. The lowest BCUT2D eigenvalue weighted by Crippen LogP contribution is -2.31. The maximum Gasteiger partial charge on any atom is 0.338 e. The van der Waals surface area contributed by atoms with Crippen LogP contribution in [0.5, 0.6) is 0 Å². The van der Waals surface area contributed by atoms with Gasteiger partial charge in [-0.25, -0.2) is 9.48 Å². The largest absolute Gasteiger partial charge is 0.462 e. The zero-order chi connectivity index (χ0) is 27.4. The van der Waals surface area contributed by atoms with Crippen molar-refractivity contribution in [2.45, 2.75) is 30.8 Å². The van der Waals surface area contributed by atoms with Gasteiger partial charge in [0.2, 0.25) is 11.1 Å². The summed E-state index contributed by atoms with van der Waals surface area (Å²) in [5.41, 5.74) is 4.18. The number of hydrogen-bond donors (Lipinski definition) is 2. The smallest absolute Gasteiger partial charge is 0.338 e. The molecule has 198 valence electrons. The summed E-state index contributed by atoms with van der Waals surface area (Å²) in [6, 6.07) is 23.5. The number of amides is 1. The molecule has 39 heavy (non-hydrogen) atoms. The number of benzene rings is 3. The zero-order valence-corrected chi connectivity index (χ0v) is 22.9. The van der Waals surface area contributed by atoms with E-state index in [4.69, 9.17) is 26.4 Å². The van der Waals surface area contributed by atoms with Crippen molar-refractivity contribution in [2.75, 3.05) is 17.2 Å². The Hall–Kier alpha value is -4.08. The van der Waals surface area contributed by atoms with Crippen molar-refractivity contribution in [2.24, 2.45) is 0 Å². The molecule has 0 aliphatic carbocycles. The standard InChI is InChI=1S/C29H26ClN5O3S/c1-3-38-27(37)21-11-15-23(16-12-21)32-26(36)24-18(2)31-28-33-29(39-17-19-9-13-22(30)14-10-19)34-35(28)25(24)20-7-5-4-6-8-20/h4-16,25H,3,17H2,1-2H3,(H,32,36)(H,31,33,34)/t25-/m0/s1. The molecule has 1 aliphatic heterocycles. The van der Waals surface area contributed by atoms with Crippen molar-refractivity contribution in [1.29, 1.82) is 0 Å². The van der Waals surface area contributed by atoms with E-state index in [0.29, 0.717) is 51.0 Å². The molecule has 8 nitrogen and oxygen atoms in total. The van der Waals surface area contributed by atoms with Gasteiger partial charge < -0.3 is 15.4 Å². The molecular formula is C29H26ClN5O3S. The number of aromatic nitrogens is 3. The van der Waals surface area contributed by atoms with Crippen molar-refractivity contribution in [3.05, 3.63) is 112 Å². The third-order valence-corrected chi connectivity index (χ3v) is 7.29. The maximum absolute atomic E-state index is 13.7. The second kappa shape index (κ2) is 11.8. The minimum atomic E-state index is -0.487. The van der Waals surface area contributed by atoms with Crippen molar-refractivity contribution in [3.8, 4) is 0 Å². The van der Waals surface area contributed by atoms with Crippen LogP contribution in [-0.4, -0.2) is 33.2 Å². The first-order chi connectivity index (χ1) is 18.9. The van der Waals surface area contributed by atoms with Gasteiger partial charge in [-0.15, -0.1) is 5.10 Å². The number of halogens is 1. The number of thioether (sulfide) groups is 1. The fraction of sp³-hybridized carbons (Fsp3) is 0.172. The lowest BCUT2D eigenvalue weighted by atomic mass is 9.95. The van der Waals surface area contributed by atoms with Crippen LogP contribution < -0.4 is 10.6 Å². The normalized spacial score (nSPS) is 14.4. The maximum atomic E-state index is 13.7. The van der Waals surface area contributed by atoms with E-state index >= 15 is 0 Å². The van der Waals surface area contributed by atoms with Crippen LogP contribution in [-0.2, 0) is 15.3 Å². The highest BCUT2D eigenvalue weighted by atomic mass is 35.5. The van der Waals surface area contributed by atoms with E-state index in [9.17, 15) is 9.59 Å². The van der Waals surface area contributed by atoms with Crippen LogP contribution in [0.1, 0.15) is 41.4 Å². The molecule has 1 aliphatic rings. The minimum absolute atomic E-state index is 0.283. The van der Waals surface area contributed by atoms with Gasteiger partial charge in [-0.05, 0) is 61.4 Å². The molecule has 0 unspecified atom stereocenters. The zero-order valence-electron chi connectivity index (χ0n) is 21.3. The molecular weight excluding hydrogens is 534 g/mol. The van der Waals surface area contributed by atoms with Crippen LogP contribution in [0, 0.1) is 0 Å². The highest BCUT2D eigenvalue weighted by molar-refractivity contribution is 7.98. The van der Waals surface area contributed by atoms with Crippen LogP contribution in [0.25, 0.3) is 0 Å². The number of allylic oxidation sites excluding steroid dienone is 1. The molecule has 4 aromatic rings. The van der Waals surface area contributed by atoms with E-state index in [-0.39, 0.29) is 5.91 Å². The molecule has 1 amide bonds. The predicted molar refractivity (Wildman–Crippen MR) is 153 cm³/mol. The number of rotatable bonds is 8. The van der Waals surface area contributed by atoms with Crippen LogP contribution in [0.4, 0.5) is 11.6 Å². The summed E-state index contributed by atoms with van der Waals surface area (Å²) in [6.45, 7) is 3.91. The van der Waals surface area contributed by atoms with Gasteiger partial charge in [0.05, 0.1) is 17.7 Å². The Morgan fingerprint density at radius 1 is 1.05 bits per heavy atom. The molecule has 0 saturated heterocycles. The summed E-state index contributed by atoms with van der Waals surface area (Å²) < 4.78 is 6.79. The fourth-order valence-corrected chi connectivity index (χ4v) is 5.17. The van der Waals surface area contributed by atoms with Gasteiger partial charge >= 0.3 is 5.97 Å². The Morgan fingerprint density at radius 3 is 2.46 bits per heavy atom. The topological polar surface area (TPSA) is 98.1 Å². The summed E-state index contributed by atoms with van der Waals surface area (Å²) in [6.07, 6.45) is 0. The fourth-order valence-electron chi connectivity index (χ4n) is 4.26. The minimum Gasteiger partial charge on any atom is -0.462 e. The first kappa shape index (κ1) is 26.5. The number of ether oxygens (including phenoxy) is 1. The first-order valence-corrected chi connectivity index (χ1v) is 13.7. The number of fused-ring (bicyclic) bond motifs is 1. The Morgan fingerprint density at radius 2 is 1.77 bits per heavy atom. The molecule has 0 fully saturated rings. The third-order valence-electron chi connectivity index (χ3n) is 6.13. The summed E-state index contributed by atoms with van der Waals surface area (Å²) in [5, 5.41) is 12.3. The molecule has 2 N–H and O–H groups in total. The Labute approximate surface area is 235 Å². The number of esters is 1. The SMILES string of the molecule is CCOC(=O)c1ccc(NC(=O)C2=C(C)Nc3nc(SCc4ccc(Cl)cc4)nn3[C@H]2c2ccccc2)cc1. The summed E-state index contributed by atoms with van der Waals surface area (Å²) >= 11 is 7.52. The number of carbonyl (C=O) groups is 2. The summed E-state index contributed by atoms with van der Waals surface area (Å²) in [4.78, 5) is 30.3. The highest BCUT2D eigenvalue weighted by Crippen LogP contribution is 2.37. The quantitative estimate of drug-likeness (QED) is 0.192. The van der Waals surface area contributed by atoms with Crippen molar-refractivity contribution in [1.82, 2.24) is 14.8 Å². The Balaban J connectivity index is 1.41. The van der Waals surface area contributed by atoms with Gasteiger partial charge in [-0.1, -0.05) is 65.8 Å². The molecule has 5 rings (SSSR count). The second-order valence-electron chi connectivity index (χ2n) is 8.81. The molecule has 0 bridgehead atoms. The highest BCUT2D eigenvalue weighted by Gasteiger charge is 2.34. The number of anilines is 2. The number of hydrogen-bond acceptors (Lipinski definition) is 7. The average molecular weight is 560 g/mol. The van der Waals surface area contributed by atoms with E-state index in [1.165, 1.54) is 11.8 Å². The monoisotopic (exact) mass is 559 g/mol. The molecule has 0 spiro atoms. The third kappa shape index (κ3) is 6.00. The van der Waals surface area contributed by atoms with Crippen molar-refractivity contribution >= 4 is 46.9 Å². The molecule has 3 aromatic carbocycles. The van der Waals surface area contributed by atoms with Crippen molar-refractivity contribution in [3.63, 3.8) is 0 Å². The molecule has 1 aromatic heterocycles. The van der Waals surface area contributed by atoms with E-state index in [0.717, 1.165) is 11.1 Å². The second-order valence-corrected chi connectivity index (χ2v) is 10.2. The van der Waals surface area contributed by atoms with E-state index < -0.39 is 12.0 Å². The summed E-state index contributed by atoms with van der Waals surface area (Å²) in [5.74, 6) is 0.556. The first-order valence-electron chi connectivity index (χ1n) is 12.4. The van der Waals surface area contributed by atoms with Gasteiger partial charge in [0.15, 0.2) is 0 Å². The summed E-state index contributed by atoms with van der Waals surface area (Å²) in [7, 11) is 0. The van der Waals surface area contributed by atoms with Crippen LogP contribution in [0.15, 0.2) is 95.3 Å². The molecule has 10 heteroatoms. The van der Waals surface area contributed by atoms with Gasteiger partial charge in [-0.3, -0.25) is 4.79 Å². The number of nitrogens with zero attached hydrogens (tertiary/aromatic N) is 3. The van der Waals surface area contributed by atoms with Crippen LogP contribution in [0.3, 0.4) is 0 Å². The molecule has 1 atom stereocenters. The number of carbonyl (C=O) groups excluding carboxylic acids is 2.